The second-order valence-corrected chi connectivity index (χ2v) is 14.3. The normalized spacial score (nSPS) is 40.4. The Morgan fingerprint density at radius 2 is 1.44 bits per heavy atom. The summed E-state index contributed by atoms with van der Waals surface area (Å²) in [5.74, 6) is -0.678. The molecule has 0 radical (unpaired) electrons. The van der Waals surface area contributed by atoms with E-state index in [-0.39, 0.29) is 148 Å². The van der Waals surface area contributed by atoms with Gasteiger partial charge < -0.3 is 19.0 Å². The van der Waals surface area contributed by atoms with Gasteiger partial charge in [-0.3, -0.25) is 8.37 Å². The number of hydrogen-bond donors (Lipinski definition) is 0. The van der Waals surface area contributed by atoms with Crippen molar-refractivity contribution in [2.45, 2.75) is 97.2 Å². The second kappa shape index (κ2) is 14.5. The molecule has 4 aliphatic carbocycles. The van der Waals surface area contributed by atoms with Crippen LogP contribution in [0.1, 0.15) is 85.0 Å². The van der Waals surface area contributed by atoms with E-state index in [1.807, 2.05) is 0 Å². The van der Waals surface area contributed by atoms with E-state index in [9.17, 15) is 35.8 Å². The van der Waals surface area contributed by atoms with Crippen molar-refractivity contribution in [3.63, 3.8) is 0 Å². The predicted molar refractivity (Wildman–Crippen MR) is 123 cm³/mol. The summed E-state index contributed by atoms with van der Waals surface area (Å²) in [6.07, 6.45) is 4.10. The van der Waals surface area contributed by atoms with Gasteiger partial charge in [-0.15, -0.1) is 0 Å². The fraction of sp³-hybridized carbons (Fsp3) is 0.958. The summed E-state index contributed by atoms with van der Waals surface area (Å²) < 4.78 is 78.9. The Bertz CT molecular complexity index is 1070. The van der Waals surface area contributed by atoms with Crippen molar-refractivity contribution in [2.75, 3.05) is 0 Å². The number of rotatable bonds is 8. The first kappa shape index (κ1) is 39.2. The molecule has 0 aromatic carbocycles. The van der Waals surface area contributed by atoms with E-state index < -0.39 is 39.0 Å². The Balaban J connectivity index is 0.00000253. The Hall–Kier alpha value is 2.21. The quantitative estimate of drug-likeness (QED) is 0.145. The zero-order chi connectivity index (χ0) is 26.7. The van der Waals surface area contributed by atoms with Crippen LogP contribution in [0.2, 0.25) is 0 Å². The van der Waals surface area contributed by atoms with Crippen molar-refractivity contribution in [1.29, 1.82) is 0 Å². The Kier molecular flexibility index (Phi) is 14.6. The molecule has 0 heterocycles. The van der Waals surface area contributed by atoms with E-state index in [1.54, 1.807) is 0 Å². The molecule has 0 bridgehead atoms. The molecule has 0 aromatic heterocycles. The molecule has 0 saturated heterocycles. The number of aliphatic carboxylic acids is 1. The number of carboxylic acids is 1. The van der Waals surface area contributed by atoms with E-state index in [0.29, 0.717) is 25.7 Å². The summed E-state index contributed by atoms with van der Waals surface area (Å²) in [5, 5.41) is 11.0. The molecule has 0 spiro atoms. The fourth-order valence-corrected chi connectivity index (χ4v) is 10.2. The Labute approximate surface area is 299 Å². The molecule has 0 amide bonds. The van der Waals surface area contributed by atoms with Gasteiger partial charge in [-0.2, -0.15) is 0 Å². The van der Waals surface area contributed by atoms with Gasteiger partial charge in [0.15, 0.2) is 0 Å². The third kappa shape index (κ3) is 8.69. The largest absolute Gasteiger partial charge is 1.00 e. The molecule has 4 rings (SSSR count). The number of carbonyl (C=O) groups is 1. The van der Waals surface area contributed by atoms with Crippen molar-refractivity contribution in [2.24, 2.45) is 46.3 Å². The number of fused-ring (bicyclic) bond motifs is 5. The Morgan fingerprint density at radius 3 is 2.00 bits per heavy atom. The van der Waals surface area contributed by atoms with Gasteiger partial charge in [0.2, 0.25) is 20.8 Å². The molecule has 4 aliphatic rings. The zero-order valence-corrected chi connectivity index (χ0v) is 31.7. The molecule has 39 heavy (non-hydrogen) atoms. The summed E-state index contributed by atoms with van der Waals surface area (Å²) >= 11 is 0. The van der Waals surface area contributed by atoms with Crippen LogP contribution in [-0.2, 0) is 34.0 Å². The third-order valence-electron chi connectivity index (χ3n) is 10.7. The molecule has 15 heteroatoms. The topological polar surface area (TPSA) is 173 Å². The molecule has 10 nitrogen and oxygen atoms in total. The molecular weight excluding hydrogens is 581 g/mol. The number of carbonyl (C=O) groups excluding carboxylic acids is 1. The summed E-state index contributed by atoms with van der Waals surface area (Å²) in [4.78, 5) is 11.0. The van der Waals surface area contributed by atoms with Crippen molar-refractivity contribution >= 4 is 26.8 Å². The van der Waals surface area contributed by atoms with E-state index in [0.717, 1.165) is 25.7 Å². The maximum absolute atomic E-state index is 11.8. The first-order chi connectivity index (χ1) is 16.5. The van der Waals surface area contributed by atoms with Gasteiger partial charge in [-0.1, -0.05) is 20.8 Å². The van der Waals surface area contributed by atoms with Gasteiger partial charge in [0, 0.05) is 5.97 Å². The smallest absolute Gasteiger partial charge is 0.726 e. The molecular formula is C24H37Na3O10S2. The second-order valence-electron chi connectivity index (χ2n) is 12.3. The molecule has 0 unspecified atom stereocenters. The first-order valence-corrected chi connectivity index (χ1v) is 15.7. The fourth-order valence-electron chi connectivity index (χ4n) is 9.19. The van der Waals surface area contributed by atoms with Gasteiger partial charge in [-0.05, 0) is 111 Å². The van der Waals surface area contributed by atoms with Crippen LogP contribution in [0, 0.1) is 46.3 Å². The molecule has 4 fully saturated rings. The molecule has 4 saturated carbocycles. The molecule has 208 valence electrons. The van der Waals surface area contributed by atoms with Gasteiger partial charge in [0.05, 0.1) is 12.2 Å². The van der Waals surface area contributed by atoms with Crippen molar-refractivity contribution < 1.29 is 133 Å². The Morgan fingerprint density at radius 1 is 0.872 bits per heavy atom. The standard InChI is InChI=1S/C24H40O10S2.3Na/c1-14(4-7-21(25)26)17-5-6-18-22-19(9-11-24(17,18)3)23(2)10-8-16(33-35(27,28)29)12-15(23)13-20(22)34-36(30,31)32;;;/h14-20,22H,4-13H2,1-3H3,(H,25,26)(H,27,28,29)(H,30,31,32);;;/q;3*+1/p-3/t14-,15+,16-,17-,18+,19+,20+,22+,23+,24-;;;/m1.../s1. The summed E-state index contributed by atoms with van der Waals surface area (Å²) in [5.41, 5.74) is -0.343. The molecule has 0 N–H and O–H groups in total. The van der Waals surface area contributed by atoms with Crippen LogP contribution >= 0.6 is 0 Å². The van der Waals surface area contributed by atoms with Gasteiger partial charge in [0.1, 0.15) is 0 Å². The van der Waals surface area contributed by atoms with Crippen LogP contribution in [0.5, 0.6) is 0 Å². The average molecular weight is 619 g/mol. The SMILES string of the molecule is C[C@H](CCC(=O)[O-])[C@H]1CC[C@H]2[C@@H]3[C@@H](OS(=O)(=O)[O-])C[C@@H]4C[C@H](OS(=O)(=O)[O-])CC[C@]4(C)[C@H]3CC[C@]12C.[Na+].[Na+].[Na+]. The minimum absolute atomic E-state index is 0. The predicted octanol–water partition coefficient (Wildman–Crippen LogP) is -6.88. The van der Waals surface area contributed by atoms with E-state index >= 15 is 0 Å². The van der Waals surface area contributed by atoms with E-state index in [2.05, 4.69) is 20.8 Å². The zero-order valence-electron chi connectivity index (χ0n) is 24.1. The van der Waals surface area contributed by atoms with Crippen molar-refractivity contribution in [3.05, 3.63) is 0 Å². The number of hydrogen-bond acceptors (Lipinski definition) is 10. The first-order valence-electron chi connectivity index (χ1n) is 13.0. The maximum atomic E-state index is 11.8. The molecule has 0 aliphatic heterocycles. The summed E-state index contributed by atoms with van der Waals surface area (Å²) in [6, 6.07) is 0. The van der Waals surface area contributed by atoms with Crippen LogP contribution in [0.4, 0.5) is 0 Å². The van der Waals surface area contributed by atoms with E-state index in [1.165, 1.54) is 0 Å². The van der Waals surface area contributed by atoms with Crippen molar-refractivity contribution in [1.82, 2.24) is 0 Å². The van der Waals surface area contributed by atoms with Crippen LogP contribution in [0.15, 0.2) is 0 Å². The van der Waals surface area contributed by atoms with Crippen LogP contribution in [0.3, 0.4) is 0 Å². The maximum Gasteiger partial charge on any atom is 1.00 e. The molecule has 0 aromatic rings. The van der Waals surface area contributed by atoms with Gasteiger partial charge >= 0.3 is 88.7 Å². The van der Waals surface area contributed by atoms with Crippen LogP contribution < -0.4 is 93.8 Å². The minimum atomic E-state index is -4.97. The van der Waals surface area contributed by atoms with E-state index in [4.69, 9.17) is 8.37 Å². The molecule has 10 atom stereocenters. The van der Waals surface area contributed by atoms with Crippen LogP contribution in [-0.4, -0.2) is 44.1 Å². The average Bonchev–Trinajstić information content (AvgIpc) is 3.08. The number of carboxylic acid groups (broad SMARTS) is 1. The van der Waals surface area contributed by atoms with Gasteiger partial charge in [0.25, 0.3) is 0 Å². The van der Waals surface area contributed by atoms with Crippen LogP contribution in [0.25, 0.3) is 0 Å². The summed E-state index contributed by atoms with van der Waals surface area (Å²) in [7, 11) is -9.83. The third-order valence-corrected chi connectivity index (χ3v) is 11.7. The monoisotopic (exact) mass is 618 g/mol. The van der Waals surface area contributed by atoms with Crippen molar-refractivity contribution in [3.8, 4) is 0 Å². The minimum Gasteiger partial charge on any atom is -0.726 e. The van der Waals surface area contributed by atoms with Gasteiger partial charge in [-0.25, -0.2) is 16.8 Å². The summed E-state index contributed by atoms with van der Waals surface area (Å²) in [6.45, 7) is 6.46.